The van der Waals surface area contributed by atoms with Crippen molar-refractivity contribution in [1.82, 2.24) is 4.90 Å². The maximum atomic E-state index is 12.6. The van der Waals surface area contributed by atoms with E-state index in [4.69, 9.17) is 0 Å². The fraction of sp³-hybridized carbons (Fsp3) is 0.647. The Hall–Kier alpha value is -1.20. The Balaban J connectivity index is 1.50. The third-order valence-electron chi connectivity index (χ3n) is 5.66. The van der Waals surface area contributed by atoms with Gasteiger partial charge in [-0.1, -0.05) is 18.9 Å². The van der Waals surface area contributed by atoms with E-state index in [1.165, 1.54) is 22.6 Å². The second-order valence-electron chi connectivity index (χ2n) is 6.88. The molecule has 22 heavy (non-hydrogen) atoms. The lowest BCUT2D eigenvalue weighted by molar-refractivity contribution is -0.925. The molecule has 1 N–H and O–H groups in total. The van der Waals surface area contributed by atoms with Crippen LogP contribution in [0, 0.1) is 11.8 Å². The number of thiophene rings is 1. The zero-order valence-corrected chi connectivity index (χ0v) is 13.6. The molecule has 3 heterocycles. The highest BCUT2D eigenvalue weighted by atomic mass is 32.1. The van der Waals surface area contributed by atoms with Crippen LogP contribution in [0.3, 0.4) is 0 Å². The minimum Gasteiger partial charge on any atom is -0.311 e. The molecule has 4 rings (SSSR count). The van der Waals surface area contributed by atoms with Gasteiger partial charge in [0.15, 0.2) is 6.67 Å². The van der Waals surface area contributed by atoms with E-state index in [0.717, 1.165) is 32.2 Å². The monoisotopic (exact) mass is 319 g/mol. The van der Waals surface area contributed by atoms with Crippen LogP contribution in [-0.2, 0) is 9.59 Å². The number of nitrogens with zero attached hydrogens (tertiary/aromatic N) is 1. The van der Waals surface area contributed by atoms with Crippen molar-refractivity contribution in [2.24, 2.45) is 11.8 Å². The fourth-order valence-electron chi connectivity index (χ4n) is 4.52. The standard InChI is InChI=1S/C17H22N2O2S/c20-16-12-5-1-2-6-13(12)17(21)19(16)11-18-9-3-7-14(18)15-8-4-10-22-15/h4,8,10,12-14H,1-3,5-7,9,11H2/p+1/t12-,13+,14-/m0/s1. The number of fused-ring (bicyclic) bond motifs is 1. The largest absolute Gasteiger partial charge is 0.311 e. The molecule has 4 nitrogen and oxygen atoms in total. The number of imide groups is 1. The third kappa shape index (κ3) is 2.31. The molecule has 118 valence electrons. The summed E-state index contributed by atoms with van der Waals surface area (Å²) >= 11 is 1.79. The zero-order chi connectivity index (χ0) is 15.1. The van der Waals surface area contributed by atoms with Crippen molar-refractivity contribution in [3.05, 3.63) is 22.4 Å². The predicted octanol–water partition coefficient (Wildman–Crippen LogP) is 1.60. The second kappa shape index (κ2) is 5.78. The molecule has 0 aromatic carbocycles. The number of amides is 2. The van der Waals surface area contributed by atoms with E-state index in [0.29, 0.717) is 12.7 Å². The van der Waals surface area contributed by atoms with E-state index >= 15 is 0 Å². The van der Waals surface area contributed by atoms with Crippen molar-refractivity contribution < 1.29 is 14.5 Å². The number of rotatable bonds is 3. The first kappa shape index (κ1) is 14.4. The van der Waals surface area contributed by atoms with Crippen molar-refractivity contribution in [3.8, 4) is 0 Å². The molecular weight excluding hydrogens is 296 g/mol. The van der Waals surface area contributed by atoms with Crippen LogP contribution in [-0.4, -0.2) is 29.9 Å². The molecule has 1 saturated carbocycles. The average molecular weight is 319 g/mol. The SMILES string of the molecule is O=C1[C@H]2CCCC[C@H]2C(=O)N1C[NH+]1CCC[C@H]1c1cccs1. The van der Waals surface area contributed by atoms with Gasteiger partial charge in [0.25, 0.3) is 0 Å². The van der Waals surface area contributed by atoms with Crippen LogP contribution in [0.1, 0.15) is 49.4 Å². The highest BCUT2D eigenvalue weighted by molar-refractivity contribution is 7.10. The number of carbonyl (C=O) groups excluding carboxylic acids is 2. The number of hydrogen-bond acceptors (Lipinski definition) is 3. The molecule has 1 aromatic rings. The summed E-state index contributed by atoms with van der Waals surface area (Å²) in [6, 6.07) is 4.74. The first-order valence-electron chi connectivity index (χ1n) is 8.49. The van der Waals surface area contributed by atoms with Gasteiger partial charge in [0.1, 0.15) is 6.04 Å². The Labute approximate surface area is 135 Å². The van der Waals surface area contributed by atoms with Crippen molar-refractivity contribution in [2.45, 2.75) is 44.6 Å². The second-order valence-corrected chi connectivity index (χ2v) is 7.86. The molecule has 0 bridgehead atoms. The van der Waals surface area contributed by atoms with Gasteiger partial charge in [-0.25, -0.2) is 4.90 Å². The van der Waals surface area contributed by atoms with Crippen LogP contribution in [0.25, 0.3) is 0 Å². The van der Waals surface area contributed by atoms with E-state index < -0.39 is 0 Å². The lowest BCUT2D eigenvalue weighted by Gasteiger charge is -2.25. The molecular formula is C17H23N2O2S+. The van der Waals surface area contributed by atoms with Crippen molar-refractivity contribution in [2.75, 3.05) is 13.2 Å². The van der Waals surface area contributed by atoms with Crippen LogP contribution < -0.4 is 4.90 Å². The first-order chi connectivity index (χ1) is 10.8. The summed E-state index contributed by atoms with van der Waals surface area (Å²) in [7, 11) is 0. The Morgan fingerprint density at radius 3 is 2.45 bits per heavy atom. The lowest BCUT2D eigenvalue weighted by atomic mass is 9.81. The first-order valence-corrected chi connectivity index (χ1v) is 9.37. The van der Waals surface area contributed by atoms with Crippen LogP contribution in [0.2, 0.25) is 0 Å². The van der Waals surface area contributed by atoms with Crippen molar-refractivity contribution in [3.63, 3.8) is 0 Å². The summed E-state index contributed by atoms with van der Waals surface area (Å²) in [5.74, 6) is 0.199. The highest BCUT2D eigenvalue weighted by Crippen LogP contribution is 2.37. The Kier molecular flexibility index (Phi) is 3.78. The number of quaternary nitrogens is 1. The molecule has 1 aliphatic carbocycles. The number of likely N-dealkylation sites (tertiary alicyclic amines) is 2. The van der Waals surface area contributed by atoms with E-state index in [2.05, 4.69) is 17.5 Å². The van der Waals surface area contributed by atoms with Gasteiger partial charge in [-0.3, -0.25) is 9.59 Å². The van der Waals surface area contributed by atoms with E-state index in [-0.39, 0.29) is 23.7 Å². The Bertz CT molecular complexity index is 547. The van der Waals surface area contributed by atoms with Gasteiger partial charge < -0.3 is 4.90 Å². The molecule has 1 unspecified atom stereocenters. The summed E-state index contributed by atoms with van der Waals surface area (Å²) in [6.45, 7) is 1.64. The van der Waals surface area contributed by atoms with E-state index in [1.807, 2.05) is 0 Å². The summed E-state index contributed by atoms with van der Waals surface area (Å²) in [6.07, 6.45) is 6.37. The summed E-state index contributed by atoms with van der Waals surface area (Å²) in [4.78, 5) is 29.6. The van der Waals surface area contributed by atoms with Crippen LogP contribution >= 0.6 is 11.3 Å². The van der Waals surface area contributed by atoms with Gasteiger partial charge in [-0.2, -0.15) is 0 Å². The van der Waals surface area contributed by atoms with Crippen LogP contribution in [0.5, 0.6) is 0 Å². The zero-order valence-electron chi connectivity index (χ0n) is 12.8. The quantitative estimate of drug-likeness (QED) is 0.860. The smallest absolute Gasteiger partial charge is 0.237 e. The topological polar surface area (TPSA) is 41.8 Å². The third-order valence-corrected chi connectivity index (χ3v) is 6.65. The van der Waals surface area contributed by atoms with Gasteiger partial charge in [0.05, 0.1) is 23.3 Å². The summed E-state index contributed by atoms with van der Waals surface area (Å²) < 4.78 is 0. The van der Waals surface area contributed by atoms with Crippen molar-refractivity contribution in [1.29, 1.82) is 0 Å². The van der Waals surface area contributed by atoms with Crippen molar-refractivity contribution >= 4 is 23.2 Å². The van der Waals surface area contributed by atoms with Crippen LogP contribution in [0.4, 0.5) is 0 Å². The van der Waals surface area contributed by atoms with Gasteiger partial charge in [-0.05, 0) is 24.3 Å². The highest BCUT2D eigenvalue weighted by Gasteiger charge is 2.50. The van der Waals surface area contributed by atoms with Crippen LogP contribution in [0.15, 0.2) is 17.5 Å². The molecule has 0 radical (unpaired) electrons. The maximum Gasteiger partial charge on any atom is 0.237 e. The van der Waals surface area contributed by atoms with E-state index in [1.54, 1.807) is 16.2 Å². The molecule has 3 fully saturated rings. The predicted molar refractivity (Wildman–Crippen MR) is 84.3 cm³/mol. The molecule has 2 aliphatic heterocycles. The number of carbonyl (C=O) groups is 2. The van der Waals surface area contributed by atoms with Gasteiger partial charge >= 0.3 is 0 Å². The minimum atomic E-state index is -0.0107. The molecule has 1 aromatic heterocycles. The van der Waals surface area contributed by atoms with Gasteiger partial charge in [0, 0.05) is 12.8 Å². The Morgan fingerprint density at radius 1 is 1.09 bits per heavy atom. The Morgan fingerprint density at radius 2 is 1.82 bits per heavy atom. The molecule has 0 spiro atoms. The summed E-state index contributed by atoms with van der Waals surface area (Å²) in [5.41, 5.74) is 0. The molecule has 4 atom stereocenters. The fourth-order valence-corrected chi connectivity index (χ4v) is 5.44. The van der Waals surface area contributed by atoms with E-state index in [9.17, 15) is 9.59 Å². The number of nitrogens with one attached hydrogen (secondary N) is 1. The molecule has 5 heteroatoms. The molecule has 2 amide bonds. The minimum absolute atomic E-state index is 0.0107. The number of hydrogen-bond donors (Lipinski definition) is 1. The molecule has 3 aliphatic rings. The lowest BCUT2D eigenvalue weighted by Crippen LogP contribution is -3.12. The average Bonchev–Trinajstić information content (AvgIpc) is 3.25. The van der Waals surface area contributed by atoms with Gasteiger partial charge in [-0.15, -0.1) is 11.3 Å². The maximum absolute atomic E-state index is 12.6. The normalized spacial score (nSPS) is 35.2. The van der Waals surface area contributed by atoms with Gasteiger partial charge in [0.2, 0.25) is 11.8 Å². The summed E-state index contributed by atoms with van der Waals surface area (Å²) in [5, 5.41) is 2.12. The molecule has 2 saturated heterocycles.